The predicted molar refractivity (Wildman–Crippen MR) is 117 cm³/mol. The summed E-state index contributed by atoms with van der Waals surface area (Å²) in [6.45, 7) is 4.15. The molecule has 12 heteroatoms. The lowest BCUT2D eigenvalue weighted by Crippen LogP contribution is -2.49. The Morgan fingerprint density at radius 2 is 1.67 bits per heavy atom. The van der Waals surface area contributed by atoms with Gasteiger partial charge in [-0.3, -0.25) is 23.6 Å². The van der Waals surface area contributed by atoms with Crippen LogP contribution in [-0.4, -0.2) is 65.4 Å². The highest BCUT2D eigenvalue weighted by atomic mass is 19.4. The number of alkyl halides is 3. The molecule has 0 atom stereocenters. The second kappa shape index (κ2) is 10.1. The van der Waals surface area contributed by atoms with Gasteiger partial charge in [0.15, 0.2) is 0 Å². The van der Waals surface area contributed by atoms with E-state index in [1.165, 1.54) is 41.9 Å². The highest BCUT2D eigenvalue weighted by Gasteiger charge is 2.38. The third-order valence-electron chi connectivity index (χ3n) is 5.45. The summed E-state index contributed by atoms with van der Waals surface area (Å²) in [6.07, 6.45) is -4.19. The van der Waals surface area contributed by atoms with Crippen LogP contribution in [0.25, 0.3) is 0 Å². The van der Waals surface area contributed by atoms with E-state index in [4.69, 9.17) is 4.74 Å². The number of rotatable bonds is 7. The van der Waals surface area contributed by atoms with Gasteiger partial charge in [0.2, 0.25) is 0 Å². The van der Waals surface area contributed by atoms with Gasteiger partial charge in [-0.05, 0) is 30.7 Å². The molecule has 1 saturated heterocycles. The van der Waals surface area contributed by atoms with Crippen LogP contribution in [0, 0.1) is 0 Å². The number of amides is 1. The van der Waals surface area contributed by atoms with Crippen molar-refractivity contribution in [3.8, 4) is 5.75 Å². The van der Waals surface area contributed by atoms with Gasteiger partial charge in [-0.15, -0.1) is 0 Å². The standard InChI is InChI=1S/C21H26F3N5O4/c1-26-17(14-18(30)27(2)20(26)32)29-11-9-28(10-12-29)8-3-13-33-16-6-4-15(5-7-16)25-19(31)21(22,23)24/h4-7,14H,3,8-13H2,1-2H3,(H,25,31). The average molecular weight is 469 g/mol. The molecule has 1 amide bonds. The Hall–Kier alpha value is -3.28. The summed E-state index contributed by atoms with van der Waals surface area (Å²) in [5, 5.41) is 1.78. The summed E-state index contributed by atoms with van der Waals surface area (Å²) in [6, 6.07) is 7.17. The summed E-state index contributed by atoms with van der Waals surface area (Å²) in [4.78, 5) is 39.3. The van der Waals surface area contributed by atoms with E-state index >= 15 is 0 Å². The number of hydrogen-bond donors (Lipinski definition) is 1. The third kappa shape index (κ3) is 6.15. The fourth-order valence-corrected chi connectivity index (χ4v) is 3.54. The molecule has 2 heterocycles. The average Bonchev–Trinajstić information content (AvgIpc) is 2.78. The zero-order valence-corrected chi connectivity index (χ0v) is 18.4. The van der Waals surface area contributed by atoms with Gasteiger partial charge in [-0.25, -0.2) is 4.79 Å². The first-order valence-electron chi connectivity index (χ1n) is 10.4. The van der Waals surface area contributed by atoms with Crippen LogP contribution in [0.2, 0.25) is 0 Å². The number of ether oxygens (including phenoxy) is 1. The third-order valence-corrected chi connectivity index (χ3v) is 5.45. The molecule has 1 aliphatic heterocycles. The molecule has 3 rings (SSSR count). The van der Waals surface area contributed by atoms with Crippen molar-refractivity contribution in [2.24, 2.45) is 14.1 Å². The summed E-state index contributed by atoms with van der Waals surface area (Å²) in [7, 11) is 3.10. The molecular weight excluding hydrogens is 443 g/mol. The van der Waals surface area contributed by atoms with E-state index in [1.807, 2.05) is 4.90 Å². The zero-order chi connectivity index (χ0) is 24.2. The van der Waals surface area contributed by atoms with Gasteiger partial charge in [0, 0.05) is 58.6 Å². The lowest BCUT2D eigenvalue weighted by Gasteiger charge is -2.36. The number of aromatic nitrogens is 2. The van der Waals surface area contributed by atoms with E-state index in [1.54, 1.807) is 12.4 Å². The number of nitrogens with one attached hydrogen (secondary N) is 1. The van der Waals surface area contributed by atoms with Crippen LogP contribution in [0.1, 0.15) is 6.42 Å². The molecule has 1 aromatic heterocycles. The second-order valence-electron chi connectivity index (χ2n) is 7.75. The Kier molecular flexibility index (Phi) is 7.46. The molecule has 0 radical (unpaired) electrons. The summed E-state index contributed by atoms with van der Waals surface area (Å²) in [5.74, 6) is -0.912. The van der Waals surface area contributed by atoms with Gasteiger partial charge < -0.3 is 15.0 Å². The number of halogens is 3. The van der Waals surface area contributed by atoms with Gasteiger partial charge in [-0.2, -0.15) is 13.2 Å². The van der Waals surface area contributed by atoms with Crippen molar-refractivity contribution in [1.29, 1.82) is 0 Å². The molecule has 180 valence electrons. The molecule has 9 nitrogen and oxygen atoms in total. The van der Waals surface area contributed by atoms with E-state index < -0.39 is 12.1 Å². The number of hydrogen-bond acceptors (Lipinski definition) is 6. The molecule has 1 fully saturated rings. The van der Waals surface area contributed by atoms with Gasteiger partial charge in [0.1, 0.15) is 11.6 Å². The lowest BCUT2D eigenvalue weighted by molar-refractivity contribution is -0.167. The van der Waals surface area contributed by atoms with Gasteiger partial charge >= 0.3 is 17.8 Å². The van der Waals surface area contributed by atoms with E-state index in [-0.39, 0.29) is 16.9 Å². The van der Waals surface area contributed by atoms with Crippen molar-refractivity contribution in [3.05, 3.63) is 51.2 Å². The van der Waals surface area contributed by atoms with Crippen molar-refractivity contribution >= 4 is 17.4 Å². The summed E-state index contributed by atoms with van der Waals surface area (Å²) >= 11 is 0. The van der Waals surface area contributed by atoms with Crippen molar-refractivity contribution in [1.82, 2.24) is 14.0 Å². The smallest absolute Gasteiger partial charge is 0.471 e. The number of carbonyl (C=O) groups is 1. The highest BCUT2D eigenvalue weighted by Crippen LogP contribution is 2.20. The van der Waals surface area contributed by atoms with E-state index in [2.05, 4.69) is 4.90 Å². The predicted octanol–water partition coefficient (Wildman–Crippen LogP) is 1.18. The maximum absolute atomic E-state index is 12.3. The molecule has 1 aliphatic rings. The molecule has 0 saturated carbocycles. The van der Waals surface area contributed by atoms with E-state index in [9.17, 15) is 27.6 Å². The van der Waals surface area contributed by atoms with Crippen LogP contribution in [0.5, 0.6) is 5.75 Å². The Morgan fingerprint density at radius 1 is 1.03 bits per heavy atom. The van der Waals surface area contributed by atoms with E-state index in [0.717, 1.165) is 30.6 Å². The van der Waals surface area contributed by atoms with Crippen LogP contribution in [0.15, 0.2) is 39.9 Å². The molecule has 0 spiro atoms. The van der Waals surface area contributed by atoms with Crippen molar-refractivity contribution in [3.63, 3.8) is 0 Å². The fraction of sp³-hybridized carbons (Fsp3) is 0.476. The number of carbonyl (C=O) groups excluding carboxylic acids is 1. The van der Waals surface area contributed by atoms with Gasteiger partial charge in [0.05, 0.1) is 6.61 Å². The molecule has 0 bridgehead atoms. The summed E-state index contributed by atoms with van der Waals surface area (Å²) in [5.41, 5.74) is -0.646. The normalized spacial score (nSPS) is 14.9. The SMILES string of the molecule is Cn1c(N2CCN(CCCOc3ccc(NC(=O)C(F)(F)F)cc3)CC2)cc(=O)n(C)c1=O. The molecule has 1 aromatic carbocycles. The molecule has 1 N–H and O–H groups in total. The molecule has 0 aliphatic carbocycles. The molecule has 33 heavy (non-hydrogen) atoms. The molecular formula is C21H26F3N5O4. The second-order valence-corrected chi connectivity index (χ2v) is 7.75. The van der Waals surface area contributed by atoms with Crippen LogP contribution in [0.3, 0.4) is 0 Å². The quantitative estimate of drug-likeness (QED) is 0.613. The highest BCUT2D eigenvalue weighted by molar-refractivity contribution is 5.94. The zero-order valence-electron chi connectivity index (χ0n) is 18.4. The van der Waals surface area contributed by atoms with Crippen LogP contribution < -0.4 is 26.2 Å². The van der Waals surface area contributed by atoms with Crippen LogP contribution >= 0.6 is 0 Å². The van der Waals surface area contributed by atoms with Crippen LogP contribution in [0.4, 0.5) is 24.7 Å². The fourth-order valence-electron chi connectivity index (χ4n) is 3.54. The van der Waals surface area contributed by atoms with E-state index in [0.29, 0.717) is 31.3 Å². The van der Waals surface area contributed by atoms with Crippen LogP contribution in [-0.2, 0) is 18.9 Å². The largest absolute Gasteiger partial charge is 0.494 e. The first-order valence-corrected chi connectivity index (χ1v) is 10.4. The minimum atomic E-state index is -4.94. The number of benzene rings is 1. The lowest BCUT2D eigenvalue weighted by atomic mass is 10.2. The Labute approximate surface area is 188 Å². The van der Waals surface area contributed by atoms with Gasteiger partial charge in [-0.1, -0.05) is 0 Å². The Bertz CT molecular complexity index is 1090. The maximum Gasteiger partial charge on any atom is 0.471 e. The Morgan fingerprint density at radius 3 is 2.27 bits per heavy atom. The minimum Gasteiger partial charge on any atom is -0.494 e. The van der Waals surface area contributed by atoms with Crippen molar-refractivity contribution in [2.75, 3.05) is 49.5 Å². The van der Waals surface area contributed by atoms with Crippen molar-refractivity contribution in [2.45, 2.75) is 12.6 Å². The summed E-state index contributed by atoms with van der Waals surface area (Å²) < 4.78 is 45.0. The maximum atomic E-state index is 12.3. The first kappa shape index (κ1) is 24.4. The number of anilines is 2. The minimum absolute atomic E-state index is 0.0383. The first-order chi connectivity index (χ1) is 15.6. The van der Waals surface area contributed by atoms with Crippen molar-refractivity contribution < 1.29 is 22.7 Å². The number of nitrogens with zero attached hydrogens (tertiary/aromatic N) is 4. The monoisotopic (exact) mass is 469 g/mol. The Balaban J connectivity index is 1.40. The molecule has 0 unspecified atom stereocenters. The molecule has 2 aromatic rings. The van der Waals surface area contributed by atoms with Gasteiger partial charge in [0.25, 0.3) is 5.56 Å². The number of piperazine rings is 1. The topological polar surface area (TPSA) is 88.8 Å².